The van der Waals surface area contributed by atoms with Crippen LogP contribution in [0.2, 0.25) is 0 Å². The minimum Gasteiger partial charge on any atom is -0.464 e. The van der Waals surface area contributed by atoms with Gasteiger partial charge < -0.3 is 19.1 Å². The van der Waals surface area contributed by atoms with E-state index in [0.717, 1.165) is 31.4 Å². The molecule has 2 aliphatic heterocycles. The summed E-state index contributed by atoms with van der Waals surface area (Å²) in [6.07, 6.45) is 4.58. The van der Waals surface area contributed by atoms with Crippen molar-refractivity contribution in [2.75, 3.05) is 40.6 Å². The number of thiocarbonyl (C=S) groups is 1. The average molecular weight is 451 g/mol. The maximum atomic E-state index is 12.7. The number of benzene rings is 1. The molecule has 3 rings (SSSR count). The molecule has 0 aliphatic carbocycles. The number of carbonyl (C=O) groups is 2. The molecule has 1 saturated heterocycles. The fourth-order valence-corrected chi connectivity index (χ4v) is 4.29. The van der Waals surface area contributed by atoms with E-state index in [2.05, 4.69) is 0 Å². The highest BCUT2D eigenvalue weighted by Crippen LogP contribution is 2.36. The lowest BCUT2D eigenvalue weighted by Gasteiger charge is -2.14. The highest BCUT2D eigenvalue weighted by Gasteiger charge is 2.31. The monoisotopic (exact) mass is 450 g/mol. The van der Waals surface area contributed by atoms with Gasteiger partial charge in [-0.2, -0.15) is 0 Å². The predicted molar refractivity (Wildman–Crippen MR) is 120 cm³/mol. The molecule has 2 aliphatic rings. The van der Waals surface area contributed by atoms with Crippen molar-refractivity contribution < 1.29 is 23.8 Å². The van der Waals surface area contributed by atoms with Gasteiger partial charge in [0.15, 0.2) is 11.5 Å². The number of unbranched alkanes of at least 4 members (excludes halogenated alkanes) is 2. The number of nitrogens with zero attached hydrogens (tertiary/aromatic N) is 2. The molecule has 1 fully saturated rings. The SMILES string of the molecule is CN(C)CCOC(=O)CCCCCN1C(=O)/C(=C/c2ccc3c(c2)OCO3)SC1=S. The van der Waals surface area contributed by atoms with E-state index in [1.54, 1.807) is 4.90 Å². The van der Waals surface area contributed by atoms with Gasteiger partial charge >= 0.3 is 5.97 Å². The normalized spacial score (nSPS) is 16.8. The van der Waals surface area contributed by atoms with Crippen LogP contribution in [0.3, 0.4) is 0 Å². The number of hydrogen-bond donors (Lipinski definition) is 0. The van der Waals surface area contributed by atoms with Crippen molar-refractivity contribution in [1.82, 2.24) is 9.80 Å². The second-order valence-electron chi connectivity index (χ2n) is 7.28. The van der Waals surface area contributed by atoms with Crippen LogP contribution in [-0.2, 0) is 14.3 Å². The van der Waals surface area contributed by atoms with Gasteiger partial charge in [-0.05, 0) is 50.7 Å². The summed E-state index contributed by atoms with van der Waals surface area (Å²) in [5.74, 6) is 1.14. The summed E-state index contributed by atoms with van der Waals surface area (Å²) in [7, 11) is 3.87. The molecule has 1 aromatic rings. The third-order valence-corrected chi connectivity index (χ3v) is 6.01. The van der Waals surface area contributed by atoms with Gasteiger partial charge in [0.25, 0.3) is 5.91 Å². The molecular formula is C21H26N2O5S2. The number of ether oxygens (including phenoxy) is 3. The molecule has 0 bridgehead atoms. The van der Waals surface area contributed by atoms with Crippen LogP contribution < -0.4 is 9.47 Å². The number of rotatable bonds is 10. The zero-order chi connectivity index (χ0) is 21.5. The summed E-state index contributed by atoms with van der Waals surface area (Å²) >= 11 is 6.69. The van der Waals surface area contributed by atoms with E-state index in [-0.39, 0.29) is 18.7 Å². The van der Waals surface area contributed by atoms with Gasteiger partial charge in [0, 0.05) is 19.5 Å². The molecule has 9 heteroatoms. The van der Waals surface area contributed by atoms with Gasteiger partial charge in [-0.15, -0.1) is 0 Å². The van der Waals surface area contributed by atoms with E-state index in [1.165, 1.54) is 11.8 Å². The Bertz CT molecular complexity index is 841. The largest absolute Gasteiger partial charge is 0.464 e. The summed E-state index contributed by atoms with van der Waals surface area (Å²) in [5, 5.41) is 0. The van der Waals surface area contributed by atoms with Crippen molar-refractivity contribution in [3.05, 3.63) is 28.7 Å². The Morgan fingerprint density at radius 3 is 2.87 bits per heavy atom. The first-order valence-corrected chi connectivity index (χ1v) is 11.1. The van der Waals surface area contributed by atoms with Crippen LogP contribution in [-0.4, -0.2) is 66.6 Å². The second kappa shape index (κ2) is 10.8. The molecule has 0 saturated carbocycles. The standard InChI is InChI=1S/C21H26N2O5S2/c1-22(2)10-11-26-19(24)6-4-3-5-9-23-20(25)18(30-21(23)29)13-15-7-8-16-17(12-15)28-14-27-16/h7-8,12-13H,3-6,9-11,14H2,1-2H3/b18-13-. The first kappa shape index (κ1) is 22.6. The summed E-state index contributed by atoms with van der Waals surface area (Å²) in [6, 6.07) is 5.57. The second-order valence-corrected chi connectivity index (χ2v) is 8.96. The number of esters is 1. The lowest BCUT2D eigenvalue weighted by molar-refractivity contribution is -0.144. The van der Waals surface area contributed by atoms with Crippen molar-refractivity contribution in [3.63, 3.8) is 0 Å². The number of hydrogen-bond acceptors (Lipinski definition) is 8. The Labute approximate surface area is 186 Å². The lowest BCUT2D eigenvalue weighted by Crippen LogP contribution is -2.29. The number of thioether (sulfide) groups is 1. The van der Waals surface area contributed by atoms with E-state index in [0.29, 0.717) is 40.3 Å². The van der Waals surface area contributed by atoms with E-state index in [1.807, 2.05) is 43.3 Å². The fraction of sp³-hybridized carbons (Fsp3) is 0.476. The summed E-state index contributed by atoms with van der Waals surface area (Å²) in [6.45, 7) is 1.91. The van der Waals surface area contributed by atoms with Crippen LogP contribution in [0.15, 0.2) is 23.1 Å². The van der Waals surface area contributed by atoms with Crippen molar-refractivity contribution in [2.24, 2.45) is 0 Å². The van der Waals surface area contributed by atoms with Gasteiger partial charge in [0.05, 0.1) is 4.91 Å². The molecule has 0 N–H and O–H groups in total. The minimum absolute atomic E-state index is 0.0780. The molecule has 0 atom stereocenters. The molecule has 1 aromatic carbocycles. The van der Waals surface area contributed by atoms with Gasteiger partial charge in [-0.1, -0.05) is 36.5 Å². The van der Waals surface area contributed by atoms with Crippen LogP contribution >= 0.6 is 24.0 Å². The van der Waals surface area contributed by atoms with Crippen molar-refractivity contribution in [2.45, 2.75) is 25.7 Å². The Hall–Kier alpha value is -2.10. The number of carbonyl (C=O) groups excluding carboxylic acids is 2. The van der Waals surface area contributed by atoms with E-state index in [9.17, 15) is 9.59 Å². The highest BCUT2D eigenvalue weighted by molar-refractivity contribution is 8.26. The molecule has 162 valence electrons. The van der Waals surface area contributed by atoms with Crippen molar-refractivity contribution in [3.8, 4) is 11.5 Å². The maximum absolute atomic E-state index is 12.7. The molecule has 2 heterocycles. The van der Waals surface area contributed by atoms with Crippen LogP contribution in [0.5, 0.6) is 11.5 Å². The summed E-state index contributed by atoms with van der Waals surface area (Å²) < 4.78 is 16.4. The molecule has 0 unspecified atom stereocenters. The van der Waals surface area contributed by atoms with E-state index in [4.69, 9.17) is 26.4 Å². The fourth-order valence-electron chi connectivity index (χ4n) is 2.98. The molecule has 1 amide bonds. The van der Waals surface area contributed by atoms with Gasteiger partial charge in [0.1, 0.15) is 10.9 Å². The Balaban J connectivity index is 1.41. The highest BCUT2D eigenvalue weighted by atomic mass is 32.2. The smallest absolute Gasteiger partial charge is 0.305 e. The quantitative estimate of drug-likeness (QED) is 0.233. The number of likely N-dealkylation sites (N-methyl/N-ethyl adjacent to an activating group) is 1. The molecule has 0 radical (unpaired) electrons. The van der Waals surface area contributed by atoms with Crippen LogP contribution in [0.1, 0.15) is 31.2 Å². The third-order valence-electron chi connectivity index (χ3n) is 4.63. The first-order chi connectivity index (χ1) is 14.4. The molecule has 30 heavy (non-hydrogen) atoms. The van der Waals surface area contributed by atoms with Crippen LogP contribution in [0.25, 0.3) is 6.08 Å². The third kappa shape index (κ3) is 6.20. The van der Waals surface area contributed by atoms with Crippen molar-refractivity contribution in [1.29, 1.82) is 0 Å². The van der Waals surface area contributed by atoms with Gasteiger partial charge in [-0.3, -0.25) is 14.5 Å². The Kier molecular flexibility index (Phi) is 8.12. The van der Waals surface area contributed by atoms with Crippen LogP contribution in [0.4, 0.5) is 0 Å². The lowest BCUT2D eigenvalue weighted by atomic mass is 10.1. The zero-order valence-corrected chi connectivity index (χ0v) is 18.9. The van der Waals surface area contributed by atoms with Crippen LogP contribution in [0, 0.1) is 0 Å². The van der Waals surface area contributed by atoms with E-state index < -0.39 is 0 Å². The topological polar surface area (TPSA) is 68.3 Å². The number of fused-ring (bicyclic) bond motifs is 1. The zero-order valence-electron chi connectivity index (χ0n) is 17.2. The van der Waals surface area contributed by atoms with Gasteiger partial charge in [0.2, 0.25) is 6.79 Å². The Morgan fingerprint density at radius 2 is 2.07 bits per heavy atom. The first-order valence-electron chi connectivity index (χ1n) is 9.89. The molecule has 7 nitrogen and oxygen atoms in total. The maximum Gasteiger partial charge on any atom is 0.305 e. The average Bonchev–Trinajstić information content (AvgIpc) is 3.26. The van der Waals surface area contributed by atoms with E-state index >= 15 is 0 Å². The summed E-state index contributed by atoms with van der Waals surface area (Å²) in [4.78, 5) is 28.6. The minimum atomic E-state index is -0.172. The van der Waals surface area contributed by atoms with Gasteiger partial charge in [-0.25, -0.2) is 0 Å². The summed E-state index contributed by atoms with van der Waals surface area (Å²) in [5.41, 5.74) is 0.868. The number of amides is 1. The van der Waals surface area contributed by atoms with Crippen molar-refractivity contribution >= 4 is 46.3 Å². The molecule has 0 aromatic heterocycles. The predicted octanol–water partition coefficient (Wildman–Crippen LogP) is 3.28. The molecule has 0 spiro atoms. The molecular weight excluding hydrogens is 424 g/mol. The Morgan fingerprint density at radius 1 is 1.27 bits per heavy atom.